The summed E-state index contributed by atoms with van der Waals surface area (Å²) < 4.78 is 0. The molecule has 1 aromatic heterocycles. The van der Waals surface area contributed by atoms with Gasteiger partial charge in [0.2, 0.25) is 0 Å². The van der Waals surface area contributed by atoms with Crippen LogP contribution in [-0.4, -0.2) is 23.6 Å². The summed E-state index contributed by atoms with van der Waals surface area (Å²) in [6, 6.07) is 0. The molecule has 1 saturated heterocycles. The van der Waals surface area contributed by atoms with E-state index in [1.807, 2.05) is 0 Å². The minimum Gasteiger partial charge on any atom is -0.348 e. The highest BCUT2D eigenvalue weighted by Gasteiger charge is 2.27. The van der Waals surface area contributed by atoms with Crippen LogP contribution in [-0.2, 0) is 6.54 Å². The van der Waals surface area contributed by atoms with Crippen molar-refractivity contribution in [3.63, 3.8) is 0 Å². The normalized spacial score (nSPS) is 19.7. The van der Waals surface area contributed by atoms with E-state index in [1.54, 1.807) is 11.3 Å². The maximum atomic E-state index is 4.78. The monoisotopic (exact) mass is 281 g/mol. The van der Waals surface area contributed by atoms with Crippen LogP contribution < -0.4 is 10.2 Å². The third-order valence-electron chi connectivity index (χ3n) is 3.51. The van der Waals surface area contributed by atoms with Crippen molar-refractivity contribution in [2.75, 3.05) is 18.0 Å². The quantitative estimate of drug-likeness (QED) is 0.916. The summed E-state index contributed by atoms with van der Waals surface area (Å²) in [6.45, 7) is 14.4. The van der Waals surface area contributed by atoms with Gasteiger partial charge in [0.1, 0.15) is 0 Å². The summed E-state index contributed by atoms with van der Waals surface area (Å²) in [4.78, 5) is 7.24. The van der Waals surface area contributed by atoms with Gasteiger partial charge in [-0.05, 0) is 39.0 Å². The molecule has 0 spiro atoms. The molecular formula is C15H27N3S. The summed E-state index contributed by atoms with van der Waals surface area (Å²) in [5.74, 6) is 0. The van der Waals surface area contributed by atoms with Crippen LogP contribution in [0.2, 0.25) is 0 Å². The number of anilines is 1. The number of hydrogen-bond donors (Lipinski definition) is 1. The zero-order valence-corrected chi connectivity index (χ0v) is 13.7. The van der Waals surface area contributed by atoms with Gasteiger partial charge in [-0.3, -0.25) is 0 Å². The van der Waals surface area contributed by atoms with Crippen LogP contribution in [0.1, 0.15) is 53.2 Å². The third-order valence-corrected chi connectivity index (χ3v) is 4.46. The molecule has 1 aliphatic rings. The topological polar surface area (TPSA) is 28.2 Å². The van der Waals surface area contributed by atoms with E-state index in [9.17, 15) is 0 Å². The van der Waals surface area contributed by atoms with Gasteiger partial charge in [-0.2, -0.15) is 0 Å². The lowest BCUT2D eigenvalue weighted by Gasteiger charge is -2.37. The van der Waals surface area contributed by atoms with Crippen LogP contribution in [0.15, 0.2) is 5.38 Å². The molecule has 2 rings (SSSR count). The molecule has 1 aliphatic heterocycles. The van der Waals surface area contributed by atoms with Crippen molar-refractivity contribution in [2.45, 2.75) is 59.5 Å². The zero-order chi connectivity index (χ0) is 14.1. The highest BCUT2D eigenvalue weighted by Crippen LogP contribution is 2.32. The molecule has 0 saturated carbocycles. The molecule has 1 fully saturated rings. The summed E-state index contributed by atoms with van der Waals surface area (Å²) in [5.41, 5.74) is 1.74. The van der Waals surface area contributed by atoms with Crippen molar-refractivity contribution >= 4 is 16.5 Å². The first-order valence-electron chi connectivity index (χ1n) is 7.20. The van der Waals surface area contributed by atoms with E-state index >= 15 is 0 Å². The fraction of sp³-hybridized carbons (Fsp3) is 0.800. The Morgan fingerprint density at radius 3 is 2.79 bits per heavy atom. The van der Waals surface area contributed by atoms with Gasteiger partial charge in [0, 0.05) is 30.6 Å². The summed E-state index contributed by atoms with van der Waals surface area (Å²) >= 11 is 1.78. The Balaban J connectivity index is 1.97. The largest absolute Gasteiger partial charge is 0.348 e. The Labute approximate surface area is 121 Å². The standard InChI is InChI=1S/C15H27N3S/c1-14(2,3)16-9-12-10-19-13(17-12)18-8-6-7-15(4,5)11-18/h10,16H,6-9,11H2,1-5H3. The molecule has 1 aromatic rings. The number of hydrogen-bond acceptors (Lipinski definition) is 4. The maximum absolute atomic E-state index is 4.78. The molecule has 1 N–H and O–H groups in total. The second kappa shape index (κ2) is 5.41. The molecule has 0 amide bonds. The maximum Gasteiger partial charge on any atom is 0.185 e. The van der Waals surface area contributed by atoms with Gasteiger partial charge >= 0.3 is 0 Å². The Hall–Kier alpha value is -0.610. The lowest BCUT2D eigenvalue weighted by molar-refractivity contribution is 0.293. The molecule has 0 radical (unpaired) electrons. The molecule has 2 heterocycles. The van der Waals surface area contributed by atoms with E-state index in [2.05, 4.69) is 50.2 Å². The van der Waals surface area contributed by atoms with Gasteiger partial charge in [-0.1, -0.05) is 13.8 Å². The first-order chi connectivity index (χ1) is 8.75. The third kappa shape index (κ3) is 4.46. The van der Waals surface area contributed by atoms with Crippen LogP contribution in [0.25, 0.3) is 0 Å². The Morgan fingerprint density at radius 2 is 2.16 bits per heavy atom. The van der Waals surface area contributed by atoms with Gasteiger partial charge < -0.3 is 10.2 Å². The smallest absolute Gasteiger partial charge is 0.185 e. The molecule has 3 nitrogen and oxygen atoms in total. The summed E-state index contributed by atoms with van der Waals surface area (Å²) in [6.07, 6.45) is 2.61. The van der Waals surface area contributed by atoms with Crippen molar-refractivity contribution < 1.29 is 0 Å². The molecule has 108 valence electrons. The number of nitrogens with one attached hydrogen (secondary N) is 1. The van der Waals surface area contributed by atoms with E-state index in [1.165, 1.54) is 23.7 Å². The van der Waals surface area contributed by atoms with Crippen LogP contribution in [0.3, 0.4) is 0 Å². The number of rotatable bonds is 3. The van der Waals surface area contributed by atoms with Crippen LogP contribution >= 0.6 is 11.3 Å². The van der Waals surface area contributed by atoms with Gasteiger partial charge in [0.05, 0.1) is 5.69 Å². The van der Waals surface area contributed by atoms with Gasteiger partial charge in [0.25, 0.3) is 0 Å². The lowest BCUT2D eigenvalue weighted by Crippen LogP contribution is -2.40. The van der Waals surface area contributed by atoms with Crippen molar-refractivity contribution in [3.8, 4) is 0 Å². The minimum absolute atomic E-state index is 0.150. The zero-order valence-electron chi connectivity index (χ0n) is 12.9. The van der Waals surface area contributed by atoms with Crippen molar-refractivity contribution in [3.05, 3.63) is 11.1 Å². The van der Waals surface area contributed by atoms with Gasteiger partial charge in [-0.15, -0.1) is 11.3 Å². The first-order valence-corrected chi connectivity index (χ1v) is 8.08. The number of aromatic nitrogens is 1. The fourth-order valence-corrected chi connectivity index (χ4v) is 3.32. The predicted octanol–water partition coefficient (Wildman–Crippen LogP) is 3.66. The summed E-state index contributed by atoms with van der Waals surface area (Å²) in [7, 11) is 0. The first kappa shape index (κ1) is 14.8. The average Bonchev–Trinajstić information content (AvgIpc) is 2.72. The summed E-state index contributed by atoms with van der Waals surface area (Å²) in [5, 5.41) is 6.88. The van der Waals surface area contributed by atoms with E-state index in [4.69, 9.17) is 4.98 Å². The Bertz CT molecular complexity index is 417. The fourth-order valence-electron chi connectivity index (χ4n) is 2.46. The SMILES string of the molecule is CC1(C)CCCN(c2nc(CNC(C)(C)C)cs2)C1. The molecule has 4 heteroatoms. The van der Waals surface area contributed by atoms with Gasteiger partial charge in [0.15, 0.2) is 5.13 Å². The molecular weight excluding hydrogens is 254 g/mol. The molecule has 0 aliphatic carbocycles. The van der Waals surface area contributed by atoms with Crippen LogP contribution in [0, 0.1) is 5.41 Å². The molecule has 0 unspecified atom stereocenters. The van der Waals surface area contributed by atoms with Crippen LogP contribution in [0.4, 0.5) is 5.13 Å². The number of piperidine rings is 1. The van der Waals surface area contributed by atoms with E-state index in [0.29, 0.717) is 5.41 Å². The number of nitrogens with zero attached hydrogens (tertiary/aromatic N) is 2. The van der Waals surface area contributed by atoms with E-state index in [-0.39, 0.29) is 5.54 Å². The molecule has 19 heavy (non-hydrogen) atoms. The van der Waals surface area contributed by atoms with Crippen molar-refractivity contribution in [1.29, 1.82) is 0 Å². The second-order valence-corrected chi connectivity index (χ2v) is 8.25. The van der Waals surface area contributed by atoms with Crippen molar-refractivity contribution in [2.24, 2.45) is 5.41 Å². The number of thiazole rings is 1. The molecule has 0 aromatic carbocycles. The van der Waals surface area contributed by atoms with Gasteiger partial charge in [-0.25, -0.2) is 4.98 Å². The molecule has 0 bridgehead atoms. The highest BCUT2D eigenvalue weighted by molar-refractivity contribution is 7.13. The van der Waals surface area contributed by atoms with E-state index in [0.717, 1.165) is 19.6 Å². The van der Waals surface area contributed by atoms with E-state index < -0.39 is 0 Å². The minimum atomic E-state index is 0.150. The Morgan fingerprint density at radius 1 is 1.42 bits per heavy atom. The second-order valence-electron chi connectivity index (χ2n) is 7.41. The lowest BCUT2D eigenvalue weighted by atomic mass is 9.84. The van der Waals surface area contributed by atoms with Crippen LogP contribution in [0.5, 0.6) is 0 Å². The predicted molar refractivity (Wildman–Crippen MR) is 83.9 cm³/mol. The average molecular weight is 281 g/mol. The molecule has 0 atom stereocenters. The highest BCUT2D eigenvalue weighted by atomic mass is 32.1. The Kier molecular flexibility index (Phi) is 4.21. The van der Waals surface area contributed by atoms with Crippen molar-refractivity contribution in [1.82, 2.24) is 10.3 Å².